The van der Waals surface area contributed by atoms with Gasteiger partial charge < -0.3 is 0 Å². The Bertz CT molecular complexity index is 500. The lowest BCUT2D eigenvalue weighted by Crippen LogP contribution is -2.64. The zero-order valence-electron chi connectivity index (χ0n) is 10.6. The van der Waals surface area contributed by atoms with E-state index in [9.17, 15) is 14.4 Å². The second kappa shape index (κ2) is 4.92. The maximum absolute atomic E-state index is 12.5. The van der Waals surface area contributed by atoms with Crippen LogP contribution in [0.3, 0.4) is 0 Å². The second-order valence-corrected chi connectivity index (χ2v) is 6.02. The van der Waals surface area contributed by atoms with Gasteiger partial charge >= 0.3 is 6.03 Å². The van der Waals surface area contributed by atoms with Gasteiger partial charge in [-0.3, -0.25) is 19.8 Å². The van der Waals surface area contributed by atoms with E-state index in [-0.39, 0.29) is 12.3 Å². The van der Waals surface area contributed by atoms with Crippen LogP contribution >= 0.6 is 15.9 Å². The van der Waals surface area contributed by atoms with Crippen LogP contribution < -0.4 is 5.32 Å². The molecule has 2 unspecified atom stereocenters. The molecule has 0 aromatic rings. The smallest absolute Gasteiger partial charge is 0.277 e. The largest absolute Gasteiger partial charge is 0.330 e. The first-order valence-electron chi connectivity index (χ1n) is 6.03. The van der Waals surface area contributed by atoms with Crippen LogP contribution in [0.4, 0.5) is 4.79 Å². The molecule has 0 spiro atoms. The fourth-order valence-electron chi connectivity index (χ4n) is 2.74. The molecular formula is C13H15BrN2O3. The average Bonchev–Trinajstić information content (AvgIpc) is 2.86. The molecule has 102 valence electrons. The number of imide groups is 2. The van der Waals surface area contributed by atoms with Gasteiger partial charge in [-0.1, -0.05) is 34.7 Å². The highest BCUT2D eigenvalue weighted by Crippen LogP contribution is 2.44. The molecule has 1 heterocycles. The molecule has 0 bridgehead atoms. The SMILES string of the molecule is C=C(Br)CC1(C2C=CCC2)C(=O)NC(=O)N(C)C1=O. The molecule has 2 rings (SSSR count). The highest BCUT2D eigenvalue weighted by molar-refractivity contribution is 9.11. The van der Waals surface area contributed by atoms with E-state index in [1.807, 2.05) is 12.2 Å². The number of halogens is 1. The lowest BCUT2D eigenvalue weighted by atomic mass is 9.69. The van der Waals surface area contributed by atoms with Crippen molar-refractivity contribution < 1.29 is 14.4 Å². The Labute approximate surface area is 119 Å². The van der Waals surface area contributed by atoms with Crippen LogP contribution in [0.1, 0.15) is 19.3 Å². The van der Waals surface area contributed by atoms with E-state index in [1.54, 1.807) is 0 Å². The number of carbonyl (C=O) groups is 3. The van der Waals surface area contributed by atoms with Gasteiger partial charge in [-0.25, -0.2) is 4.79 Å². The Morgan fingerprint density at radius 3 is 2.79 bits per heavy atom. The Morgan fingerprint density at radius 2 is 2.26 bits per heavy atom. The molecule has 0 aromatic carbocycles. The minimum absolute atomic E-state index is 0.185. The molecular weight excluding hydrogens is 312 g/mol. The fraction of sp³-hybridized carbons (Fsp3) is 0.462. The summed E-state index contributed by atoms with van der Waals surface area (Å²) in [5.41, 5.74) is -1.27. The van der Waals surface area contributed by atoms with Crippen molar-refractivity contribution >= 4 is 33.8 Å². The Hall–Kier alpha value is -1.43. The van der Waals surface area contributed by atoms with Gasteiger partial charge in [-0.2, -0.15) is 0 Å². The summed E-state index contributed by atoms with van der Waals surface area (Å²) in [6.07, 6.45) is 5.59. The molecule has 0 saturated carbocycles. The molecule has 1 aliphatic carbocycles. The summed E-state index contributed by atoms with van der Waals surface area (Å²) in [5.74, 6) is -1.19. The summed E-state index contributed by atoms with van der Waals surface area (Å²) in [5, 5.41) is 2.26. The van der Waals surface area contributed by atoms with Crippen LogP contribution in [-0.2, 0) is 9.59 Å². The van der Waals surface area contributed by atoms with E-state index in [4.69, 9.17) is 0 Å². The lowest BCUT2D eigenvalue weighted by Gasteiger charge is -2.41. The highest BCUT2D eigenvalue weighted by Gasteiger charge is 2.56. The van der Waals surface area contributed by atoms with Crippen LogP contribution in [0.15, 0.2) is 23.2 Å². The lowest BCUT2D eigenvalue weighted by molar-refractivity contribution is -0.153. The van der Waals surface area contributed by atoms with Gasteiger partial charge in [-0.15, -0.1) is 0 Å². The van der Waals surface area contributed by atoms with Crippen LogP contribution in [-0.4, -0.2) is 29.8 Å². The number of nitrogens with zero attached hydrogens (tertiary/aromatic N) is 1. The van der Waals surface area contributed by atoms with Crippen molar-refractivity contribution in [2.24, 2.45) is 11.3 Å². The van der Waals surface area contributed by atoms with Gasteiger partial charge in [0.25, 0.3) is 0 Å². The third-order valence-corrected chi connectivity index (χ3v) is 4.01. The zero-order chi connectivity index (χ0) is 14.2. The molecule has 1 saturated heterocycles. The first-order chi connectivity index (χ1) is 8.89. The third kappa shape index (κ3) is 2.14. The van der Waals surface area contributed by atoms with Crippen molar-refractivity contribution in [3.05, 3.63) is 23.2 Å². The molecule has 1 fully saturated rings. The number of barbiturate groups is 1. The standard InChI is InChI=1S/C13H15BrN2O3/c1-8(14)7-13(9-5-3-4-6-9)10(17)15-12(19)16(2)11(13)18/h3,5,9H,1,4,6-7H2,2H3,(H,15,17,19). The minimum Gasteiger partial charge on any atom is -0.277 e. The van der Waals surface area contributed by atoms with Crippen molar-refractivity contribution in [1.82, 2.24) is 10.2 Å². The van der Waals surface area contributed by atoms with Crippen molar-refractivity contribution in [2.75, 3.05) is 7.05 Å². The monoisotopic (exact) mass is 326 g/mol. The van der Waals surface area contributed by atoms with Gasteiger partial charge in [0.05, 0.1) is 0 Å². The number of urea groups is 1. The molecule has 6 heteroatoms. The van der Waals surface area contributed by atoms with Crippen molar-refractivity contribution in [3.63, 3.8) is 0 Å². The summed E-state index contributed by atoms with van der Waals surface area (Å²) in [4.78, 5) is 37.4. The van der Waals surface area contributed by atoms with E-state index in [2.05, 4.69) is 27.8 Å². The molecule has 2 atom stereocenters. The highest BCUT2D eigenvalue weighted by atomic mass is 79.9. The van der Waals surface area contributed by atoms with Crippen molar-refractivity contribution in [3.8, 4) is 0 Å². The third-order valence-electron chi connectivity index (χ3n) is 3.73. The molecule has 5 nitrogen and oxygen atoms in total. The predicted molar refractivity (Wildman–Crippen MR) is 73.3 cm³/mol. The average molecular weight is 327 g/mol. The summed E-state index contributed by atoms with van der Waals surface area (Å²) in [6.45, 7) is 3.74. The zero-order valence-corrected chi connectivity index (χ0v) is 12.2. The van der Waals surface area contributed by atoms with Gasteiger partial charge in [0.15, 0.2) is 0 Å². The van der Waals surface area contributed by atoms with Gasteiger partial charge in [0.1, 0.15) is 5.41 Å². The van der Waals surface area contributed by atoms with Crippen LogP contribution in [0.25, 0.3) is 0 Å². The molecule has 1 aliphatic heterocycles. The minimum atomic E-state index is -1.27. The van der Waals surface area contributed by atoms with Gasteiger partial charge in [-0.05, 0) is 17.3 Å². The molecule has 19 heavy (non-hydrogen) atoms. The molecule has 1 N–H and O–H groups in total. The number of amides is 4. The number of allylic oxidation sites excluding steroid dienone is 3. The molecule has 0 aromatic heterocycles. The summed E-state index contributed by atoms with van der Waals surface area (Å²) in [7, 11) is 1.38. The number of rotatable bonds is 3. The number of nitrogens with one attached hydrogen (secondary N) is 1. The van der Waals surface area contributed by atoms with E-state index in [0.29, 0.717) is 4.48 Å². The van der Waals surface area contributed by atoms with Gasteiger partial charge in [0, 0.05) is 19.4 Å². The normalized spacial score (nSPS) is 30.7. The first-order valence-corrected chi connectivity index (χ1v) is 6.82. The van der Waals surface area contributed by atoms with E-state index in [1.165, 1.54) is 7.05 Å². The molecule has 2 aliphatic rings. The number of hydrogen-bond donors (Lipinski definition) is 1. The van der Waals surface area contributed by atoms with Crippen LogP contribution in [0.2, 0.25) is 0 Å². The molecule has 4 amide bonds. The summed E-state index contributed by atoms with van der Waals surface area (Å²) >= 11 is 3.23. The Balaban J connectivity index is 2.48. The maximum Gasteiger partial charge on any atom is 0.330 e. The molecule has 0 radical (unpaired) electrons. The Kier molecular flexibility index (Phi) is 3.62. The number of hydrogen-bond acceptors (Lipinski definition) is 3. The maximum atomic E-state index is 12.5. The quantitative estimate of drug-likeness (QED) is 0.636. The van der Waals surface area contributed by atoms with Crippen LogP contribution in [0.5, 0.6) is 0 Å². The van der Waals surface area contributed by atoms with E-state index < -0.39 is 23.3 Å². The van der Waals surface area contributed by atoms with E-state index >= 15 is 0 Å². The van der Waals surface area contributed by atoms with Crippen molar-refractivity contribution in [2.45, 2.75) is 19.3 Å². The van der Waals surface area contributed by atoms with E-state index in [0.717, 1.165) is 17.7 Å². The second-order valence-electron chi connectivity index (χ2n) is 4.90. The van der Waals surface area contributed by atoms with Crippen molar-refractivity contribution in [1.29, 1.82) is 0 Å². The van der Waals surface area contributed by atoms with Crippen LogP contribution in [0, 0.1) is 11.3 Å². The topological polar surface area (TPSA) is 66.5 Å². The van der Waals surface area contributed by atoms with Gasteiger partial charge in [0.2, 0.25) is 11.8 Å². The Morgan fingerprint density at radius 1 is 1.58 bits per heavy atom. The summed E-state index contributed by atoms with van der Waals surface area (Å²) < 4.78 is 0.569. The summed E-state index contributed by atoms with van der Waals surface area (Å²) in [6, 6.07) is -0.673. The number of carbonyl (C=O) groups excluding carboxylic acids is 3. The predicted octanol–water partition coefficient (Wildman–Crippen LogP) is 1.95. The first kappa shape index (κ1) is 14.0. The fourth-order valence-corrected chi connectivity index (χ4v) is 3.18.